The standard InChI is InChI=1S/C22H23NO6.ClH/c1-26-15-10-17(18(20(11-15)27-2)12-23-5-7-28-8-6-23)19-13-29-21-9-14(24)3-4-16(21)22(19)25;/h3-4,9-11,13,24H,5-8,12H2,1-2H3;1H. The quantitative estimate of drug-likeness (QED) is 0.660. The molecule has 4 rings (SSSR count). The topological polar surface area (TPSA) is 81.4 Å². The number of methoxy groups -OCH3 is 2. The highest BCUT2D eigenvalue weighted by atomic mass is 35.5. The molecule has 1 N–H and O–H groups in total. The maximum Gasteiger partial charge on any atom is 0.200 e. The molecule has 0 saturated carbocycles. The molecule has 0 radical (unpaired) electrons. The molecule has 1 fully saturated rings. The zero-order valence-corrected chi connectivity index (χ0v) is 17.7. The Hall–Kier alpha value is -2.74. The lowest BCUT2D eigenvalue weighted by atomic mass is 9.97. The fraction of sp³-hybridized carbons (Fsp3) is 0.318. The molecule has 1 saturated heterocycles. The van der Waals surface area contributed by atoms with Gasteiger partial charge in [-0.25, -0.2) is 0 Å². The van der Waals surface area contributed by atoms with E-state index in [0.29, 0.717) is 53.4 Å². The van der Waals surface area contributed by atoms with Crippen LogP contribution in [-0.4, -0.2) is 50.5 Å². The zero-order chi connectivity index (χ0) is 20.4. The normalized spacial score (nSPS) is 14.3. The summed E-state index contributed by atoms with van der Waals surface area (Å²) in [6.45, 7) is 3.57. The summed E-state index contributed by atoms with van der Waals surface area (Å²) in [4.78, 5) is 15.5. The molecule has 3 aromatic rings. The van der Waals surface area contributed by atoms with E-state index in [4.69, 9.17) is 18.6 Å². The first-order valence-electron chi connectivity index (χ1n) is 9.40. The van der Waals surface area contributed by atoms with Crippen LogP contribution in [0.2, 0.25) is 0 Å². The summed E-state index contributed by atoms with van der Waals surface area (Å²) in [6, 6.07) is 8.13. The molecule has 0 atom stereocenters. The molecule has 0 bridgehead atoms. The van der Waals surface area contributed by atoms with Crippen molar-refractivity contribution >= 4 is 23.4 Å². The number of halogens is 1. The lowest BCUT2D eigenvalue weighted by Crippen LogP contribution is -2.36. The van der Waals surface area contributed by atoms with Gasteiger partial charge >= 0.3 is 0 Å². The number of aromatic hydroxyl groups is 1. The van der Waals surface area contributed by atoms with E-state index < -0.39 is 0 Å². The van der Waals surface area contributed by atoms with Crippen LogP contribution in [-0.2, 0) is 11.3 Å². The Kier molecular flexibility index (Phi) is 6.87. The van der Waals surface area contributed by atoms with Gasteiger partial charge in [-0.3, -0.25) is 9.69 Å². The first kappa shape index (κ1) is 22.0. The van der Waals surface area contributed by atoms with Crippen LogP contribution in [0, 0.1) is 0 Å². The van der Waals surface area contributed by atoms with E-state index in [0.717, 1.165) is 18.7 Å². The Bertz CT molecular complexity index is 1090. The van der Waals surface area contributed by atoms with Crippen molar-refractivity contribution in [1.82, 2.24) is 4.90 Å². The second-order valence-electron chi connectivity index (χ2n) is 6.90. The monoisotopic (exact) mass is 433 g/mol. The summed E-state index contributed by atoms with van der Waals surface area (Å²) < 4.78 is 22.2. The van der Waals surface area contributed by atoms with Gasteiger partial charge in [0.2, 0.25) is 5.43 Å². The van der Waals surface area contributed by atoms with Crippen LogP contribution in [0.3, 0.4) is 0 Å². The maximum absolute atomic E-state index is 13.2. The third-order valence-electron chi connectivity index (χ3n) is 5.17. The molecule has 2 heterocycles. The van der Waals surface area contributed by atoms with E-state index in [1.54, 1.807) is 20.3 Å². The van der Waals surface area contributed by atoms with Crippen LogP contribution in [0.25, 0.3) is 22.1 Å². The number of morpholine rings is 1. The van der Waals surface area contributed by atoms with Gasteiger partial charge in [-0.1, -0.05) is 0 Å². The van der Waals surface area contributed by atoms with Gasteiger partial charge in [0, 0.05) is 42.9 Å². The highest BCUT2D eigenvalue weighted by molar-refractivity contribution is 5.85. The summed E-state index contributed by atoms with van der Waals surface area (Å²) in [5, 5.41) is 10.1. The third-order valence-corrected chi connectivity index (χ3v) is 5.17. The largest absolute Gasteiger partial charge is 0.508 e. The highest BCUT2D eigenvalue weighted by Crippen LogP contribution is 2.36. The molecule has 0 aliphatic carbocycles. The number of hydrogen-bond donors (Lipinski definition) is 1. The summed E-state index contributed by atoms with van der Waals surface area (Å²) in [6.07, 6.45) is 1.43. The number of ether oxygens (including phenoxy) is 3. The molecular weight excluding hydrogens is 410 g/mol. The van der Waals surface area contributed by atoms with Crippen LogP contribution in [0.4, 0.5) is 0 Å². The van der Waals surface area contributed by atoms with E-state index >= 15 is 0 Å². The SMILES string of the molecule is COc1cc(OC)c(CN2CCOCC2)c(-c2coc3cc(O)ccc3c2=O)c1.Cl. The highest BCUT2D eigenvalue weighted by Gasteiger charge is 2.21. The number of phenolic OH excluding ortho intramolecular Hbond substituents is 1. The van der Waals surface area contributed by atoms with E-state index in [9.17, 15) is 9.90 Å². The fourth-order valence-electron chi connectivity index (χ4n) is 3.61. The van der Waals surface area contributed by atoms with Crippen LogP contribution in [0.1, 0.15) is 5.56 Å². The molecule has 1 aliphatic rings. The van der Waals surface area contributed by atoms with Gasteiger partial charge in [0.1, 0.15) is 29.1 Å². The summed E-state index contributed by atoms with van der Waals surface area (Å²) in [5.41, 5.74) is 2.17. The first-order chi connectivity index (χ1) is 14.1. The number of phenols is 1. The van der Waals surface area contributed by atoms with Crippen LogP contribution in [0.5, 0.6) is 17.2 Å². The van der Waals surface area contributed by atoms with Crippen molar-refractivity contribution in [1.29, 1.82) is 0 Å². The number of benzene rings is 2. The number of nitrogens with zero attached hydrogens (tertiary/aromatic N) is 1. The van der Waals surface area contributed by atoms with E-state index in [1.807, 2.05) is 12.1 Å². The minimum atomic E-state index is -0.176. The van der Waals surface area contributed by atoms with Crippen molar-refractivity contribution in [2.24, 2.45) is 0 Å². The van der Waals surface area contributed by atoms with Gasteiger partial charge in [-0.05, 0) is 18.2 Å². The molecule has 0 spiro atoms. The number of hydrogen-bond acceptors (Lipinski definition) is 7. The Labute approximate surface area is 180 Å². The lowest BCUT2D eigenvalue weighted by molar-refractivity contribution is 0.0339. The molecule has 2 aromatic carbocycles. The van der Waals surface area contributed by atoms with Gasteiger partial charge in [0.05, 0.1) is 38.4 Å². The predicted molar refractivity (Wildman–Crippen MR) is 116 cm³/mol. The van der Waals surface area contributed by atoms with E-state index in [2.05, 4.69) is 4.90 Å². The van der Waals surface area contributed by atoms with Gasteiger partial charge in [-0.2, -0.15) is 0 Å². The van der Waals surface area contributed by atoms with Gasteiger partial charge in [0.15, 0.2) is 0 Å². The van der Waals surface area contributed by atoms with Crippen LogP contribution in [0.15, 0.2) is 45.8 Å². The average Bonchev–Trinajstić information content (AvgIpc) is 2.75. The molecule has 7 nitrogen and oxygen atoms in total. The van der Waals surface area contributed by atoms with Gasteiger partial charge in [0.25, 0.3) is 0 Å². The van der Waals surface area contributed by atoms with Gasteiger partial charge < -0.3 is 23.7 Å². The van der Waals surface area contributed by atoms with Crippen molar-refractivity contribution in [3.05, 3.63) is 52.4 Å². The molecule has 1 aromatic heterocycles. The molecule has 0 unspecified atom stereocenters. The van der Waals surface area contributed by atoms with Crippen molar-refractivity contribution in [3.8, 4) is 28.4 Å². The molecule has 8 heteroatoms. The Morgan fingerprint density at radius 3 is 2.53 bits per heavy atom. The van der Waals surface area contributed by atoms with Crippen molar-refractivity contribution in [2.75, 3.05) is 40.5 Å². The van der Waals surface area contributed by atoms with Crippen LogP contribution < -0.4 is 14.9 Å². The molecule has 160 valence electrons. The second kappa shape index (κ2) is 9.38. The molecule has 0 amide bonds. The van der Waals surface area contributed by atoms with E-state index in [1.165, 1.54) is 18.4 Å². The van der Waals surface area contributed by atoms with Crippen LogP contribution >= 0.6 is 12.4 Å². The third kappa shape index (κ3) is 4.23. The molecule has 1 aliphatic heterocycles. The van der Waals surface area contributed by atoms with Crippen molar-refractivity contribution in [3.63, 3.8) is 0 Å². The maximum atomic E-state index is 13.2. The zero-order valence-electron chi connectivity index (χ0n) is 16.8. The van der Waals surface area contributed by atoms with Crippen molar-refractivity contribution < 1.29 is 23.7 Å². The predicted octanol–water partition coefficient (Wildman–Crippen LogP) is 3.44. The average molecular weight is 434 g/mol. The smallest absolute Gasteiger partial charge is 0.200 e. The Morgan fingerprint density at radius 1 is 1.07 bits per heavy atom. The first-order valence-corrected chi connectivity index (χ1v) is 9.40. The number of fused-ring (bicyclic) bond motifs is 1. The minimum Gasteiger partial charge on any atom is -0.508 e. The second-order valence-corrected chi connectivity index (χ2v) is 6.90. The van der Waals surface area contributed by atoms with Gasteiger partial charge in [-0.15, -0.1) is 12.4 Å². The molecule has 30 heavy (non-hydrogen) atoms. The minimum absolute atomic E-state index is 0. The Morgan fingerprint density at radius 2 is 1.83 bits per heavy atom. The van der Waals surface area contributed by atoms with Crippen molar-refractivity contribution in [2.45, 2.75) is 6.54 Å². The summed E-state index contributed by atoms with van der Waals surface area (Å²) >= 11 is 0. The summed E-state index contributed by atoms with van der Waals surface area (Å²) in [7, 11) is 3.18. The Balaban J connectivity index is 0.00000256. The van der Waals surface area contributed by atoms with E-state index in [-0.39, 0.29) is 23.6 Å². The fourth-order valence-corrected chi connectivity index (χ4v) is 3.61. The summed E-state index contributed by atoms with van der Waals surface area (Å²) in [5.74, 6) is 1.29. The molecular formula is C22H24ClNO6. The number of rotatable bonds is 5. The lowest BCUT2D eigenvalue weighted by Gasteiger charge is -2.28.